The number of likely N-dealkylation sites (N-methyl/N-ethyl adjacent to an activating group) is 1. The Morgan fingerprint density at radius 3 is 2.41 bits per heavy atom. The molecule has 0 aliphatic heterocycles. The molecule has 34 heavy (non-hydrogen) atoms. The fourth-order valence-corrected chi connectivity index (χ4v) is 3.11. The molecule has 1 heterocycles. The average Bonchev–Trinajstić information content (AvgIpc) is 2.79. The number of pyridine rings is 1. The number of amides is 2. The lowest BCUT2D eigenvalue weighted by Gasteiger charge is -2.11. The van der Waals surface area contributed by atoms with Crippen LogP contribution in [-0.2, 0) is 4.79 Å². The number of rotatable bonds is 8. The number of hydrogen-bond donors (Lipinski definition) is 4. The molecule has 0 unspecified atom stereocenters. The van der Waals surface area contributed by atoms with Crippen LogP contribution in [0.4, 0.5) is 17.2 Å². The number of aliphatic imine (C=N–C) groups is 1. The summed E-state index contributed by atoms with van der Waals surface area (Å²) in [6.45, 7) is 2.81. The Labute approximate surface area is 199 Å². The van der Waals surface area contributed by atoms with Crippen molar-refractivity contribution in [2.75, 3.05) is 37.8 Å². The van der Waals surface area contributed by atoms with E-state index in [-0.39, 0.29) is 17.8 Å². The van der Waals surface area contributed by atoms with Gasteiger partial charge in [0, 0.05) is 42.5 Å². The van der Waals surface area contributed by atoms with E-state index < -0.39 is 0 Å². The van der Waals surface area contributed by atoms with E-state index in [9.17, 15) is 9.59 Å². The summed E-state index contributed by atoms with van der Waals surface area (Å²) < 4.78 is 0. The van der Waals surface area contributed by atoms with Crippen molar-refractivity contribution in [1.82, 2.24) is 15.2 Å². The number of aromatic nitrogens is 1. The number of benzene rings is 2. The summed E-state index contributed by atoms with van der Waals surface area (Å²) in [6.07, 6.45) is 0. The number of nitrogens with two attached hydrogens (primary N) is 1. The Bertz CT molecular complexity index is 1170. The Kier molecular flexibility index (Phi) is 8.31. The van der Waals surface area contributed by atoms with Gasteiger partial charge in [-0.05, 0) is 62.6 Å². The summed E-state index contributed by atoms with van der Waals surface area (Å²) in [5, 5.41) is 8.65. The van der Waals surface area contributed by atoms with Crippen molar-refractivity contribution in [3.05, 3.63) is 72.3 Å². The topological polar surface area (TPSA) is 125 Å². The summed E-state index contributed by atoms with van der Waals surface area (Å²) in [6, 6.07) is 19.8. The summed E-state index contributed by atoms with van der Waals surface area (Å²) in [7, 11) is 3.91. The van der Waals surface area contributed by atoms with Crippen LogP contribution in [0.1, 0.15) is 17.3 Å². The maximum atomic E-state index is 12.2. The molecule has 3 rings (SSSR count). The first-order valence-corrected chi connectivity index (χ1v) is 10.8. The number of nitrogens with zero attached hydrogens (tertiary/aromatic N) is 3. The minimum absolute atomic E-state index is 0.126. The van der Waals surface area contributed by atoms with E-state index in [4.69, 9.17) is 5.73 Å². The summed E-state index contributed by atoms with van der Waals surface area (Å²) in [5.41, 5.74) is 9.56. The highest BCUT2D eigenvalue weighted by Gasteiger charge is 2.06. The van der Waals surface area contributed by atoms with Crippen LogP contribution < -0.4 is 21.7 Å². The summed E-state index contributed by atoms with van der Waals surface area (Å²) in [4.78, 5) is 34.4. The molecule has 5 N–H and O–H groups in total. The molecule has 0 aliphatic carbocycles. The maximum absolute atomic E-state index is 12.2. The fourth-order valence-electron chi connectivity index (χ4n) is 3.11. The van der Waals surface area contributed by atoms with Gasteiger partial charge in [-0.15, -0.1) is 0 Å². The second-order valence-corrected chi connectivity index (χ2v) is 7.90. The van der Waals surface area contributed by atoms with Crippen LogP contribution >= 0.6 is 0 Å². The van der Waals surface area contributed by atoms with E-state index in [2.05, 4.69) is 25.9 Å². The van der Waals surface area contributed by atoms with Crippen molar-refractivity contribution >= 4 is 35.0 Å². The Hall–Kier alpha value is -4.24. The lowest BCUT2D eigenvalue weighted by atomic mass is 10.1. The molecule has 2 aromatic carbocycles. The molecular weight excluding hydrogens is 430 g/mol. The van der Waals surface area contributed by atoms with Crippen LogP contribution in [0.25, 0.3) is 11.3 Å². The first-order chi connectivity index (χ1) is 16.3. The van der Waals surface area contributed by atoms with Crippen molar-refractivity contribution in [2.24, 2.45) is 10.7 Å². The van der Waals surface area contributed by atoms with Crippen LogP contribution in [0, 0.1) is 0 Å². The maximum Gasteiger partial charge on any atom is 0.251 e. The smallest absolute Gasteiger partial charge is 0.251 e. The average molecular weight is 460 g/mol. The first-order valence-electron chi connectivity index (χ1n) is 10.8. The quantitative estimate of drug-likeness (QED) is 0.303. The van der Waals surface area contributed by atoms with Gasteiger partial charge in [-0.25, -0.2) is 4.98 Å². The molecule has 0 atom stereocenters. The van der Waals surface area contributed by atoms with E-state index in [0.29, 0.717) is 35.0 Å². The fraction of sp³-hybridized carbons (Fsp3) is 0.200. The van der Waals surface area contributed by atoms with Crippen molar-refractivity contribution in [3.63, 3.8) is 0 Å². The van der Waals surface area contributed by atoms with Gasteiger partial charge in [0.15, 0.2) is 11.8 Å². The molecule has 0 aliphatic rings. The van der Waals surface area contributed by atoms with E-state index in [1.54, 1.807) is 30.3 Å². The predicted octanol–water partition coefficient (Wildman–Crippen LogP) is 3.06. The Morgan fingerprint density at radius 1 is 0.971 bits per heavy atom. The second-order valence-electron chi connectivity index (χ2n) is 7.90. The predicted molar refractivity (Wildman–Crippen MR) is 136 cm³/mol. The molecule has 2 amide bonds. The number of anilines is 2. The van der Waals surface area contributed by atoms with Gasteiger partial charge in [-0.3, -0.25) is 9.59 Å². The van der Waals surface area contributed by atoms with E-state index in [1.165, 1.54) is 6.92 Å². The van der Waals surface area contributed by atoms with Crippen LogP contribution in [0.15, 0.2) is 71.7 Å². The van der Waals surface area contributed by atoms with E-state index in [1.807, 2.05) is 55.4 Å². The van der Waals surface area contributed by atoms with Gasteiger partial charge in [0.05, 0.1) is 5.69 Å². The van der Waals surface area contributed by atoms with E-state index >= 15 is 0 Å². The molecule has 3 aromatic rings. The number of carbonyl (C=O) groups excluding carboxylic acids is 2. The van der Waals surface area contributed by atoms with Gasteiger partial charge in [-0.1, -0.05) is 18.2 Å². The molecule has 0 radical (unpaired) electrons. The zero-order valence-corrected chi connectivity index (χ0v) is 19.5. The molecule has 9 nitrogen and oxygen atoms in total. The van der Waals surface area contributed by atoms with Crippen LogP contribution in [0.5, 0.6) is 0 Å². The highest BCUT2D eigenvalue weighted by molar-refractivity contribution is 5.96. The molecule has 0 spiro atoms. The third kappa shape index (κ3) is 7.42. The summed E-state index contributed by atoms with van der Waals surface area (Å²) in [5.74, 6) is 0.336. The zero-order valence-electron chi connectivity index (χ0n) is 19.5. The Balaban J connectivity index is 1.66. The molecule has 0 bridgehead atoms. The highest BCUT2D eigenvalue weighted by atomic mass is 16.2. The van der Waals surface area contributed by atoms with Gasteiger partial charge in [0.1, 0.15) is 0 Å². The van der Waals surface area contributed by atoms with Crippen molar-refractivity contribution < 1.29 is 9.59 Å². The number of carbonyl (C=O) groups is 2. The third-order valence-corrected chi connectivity index (χ3v) is 4.71. The number of guanidine groups is 1. The van der Waals surface area contributed by atoms with Crippen molar-refractivity contribution in [2.45, 2.75) is 6.92 Å². The van der Waals surface area contributed by atoms with Gasteiger partial charge < -0.3 is 26.6 Å². The molecule has 0 fully saturated rings. The molecule has 1 aromatic heterocycles. The zero-order chi connectivity index (χ0) is 24.5. The minimum atomic E-state index is -0.139. The largest absolute Gasteiger partial charge is 0.369 e. The summed E-state index contributed by atoms with van der Waals surface area (Å²) >= 11 is 0. The second kappa shape index (κ2) is 11.6. The molecule has 9 heteroatoms. The standard InChI is InChI=1S/C25H29N7O2/c1-17(33)28-21-7-4-6-19(16-21)22-8-5-9-23(30-22)31-25(26)29-20-12-10-18(11-13-20)24(34)27-14-15-32(2)3/h4-13,16H,14-15H2,1-3H3,(H,27,34)(H,28,33)(H3,26,29,30,31). The third-order valence-electron chi connectivity index (χ3n) is 4.71. The number of nitrogens with one attached hydrogen (secondary N) is 3. The normalized spacial score (nSPS) is 11.2. The van der Waals surface area contributed by atoms with Crippen LogP contribution in [-0.4, -0.2) is 54.8 Å². The lowest BCUT2D eigenvalue weighted by Crippen LogP contribution is -2.31. The molecule has 0 saturated carbocycles. The van der Waals surface area contributed by atoms with Crippen LogP contribution in [0.2, 0.25) is 0 Å². The molecular formula is C25H29N7O2. The van der Waals surface area contributed by atoms with Gasteiger partial charge in [0.25, 0.3) is 5.91 Å². The Morgan fingerprint density at radius 2 is 1.71 bits per heavy atom. The van der Waals surface area contributed by atoms with Gasteiger partial charge >= 0.3 is 0 Å². The van der Waals surface area contributed by atoms with Crippen molar-refractivity contribution in [1.29, 1.82) is 0 Å². The van der Waals surface area contributed by atoms with E-state index in [0.717, 1.165) is 12.1 Å². The van der Waals surface area contributed by atoms with Gasteiger partial charge in [-0.2, -0.15) is 4.99 Å². The first kappa shape index (κ1) is 24.4. The molecule has 0 saturated heterocycles. The molecule has 176 valence electrons. The SMILES string of the molecule is CC(=O)Nc1cccc(-c2cccc(/N=C(\N)Nc3ccc(C(=O)NCCN(C)C)cc3)n2)c1. The van der Waals surface area contributed by atoms with Gasteiger partial charge in [0.2, 0.25) is 5.91 Å². The number of hydrogen-bond acceptors (Lipinski definition) is 5. The monoisotopic (exact) mass is 459 g/mol. The minimum Gasteiger partial charge on any atom is -0.369 e. The lowest BCUT2D eigenvalue weighted by molar-refractivity contribution is -0.114. The highest BCUT2D eigenvalue weighted by Crippen LogP contribution is 2.23. The van der Waals surface area contributed by atoms with Crippen molar-refractivity contribution in [3.8, 4) is 11.3 Å². The van der Waals surface area contributed by atoms with Crippen LogP contribution in [0.3, 0.4) is 0 Å².